The molecule has 3 fully saturated rings. The van der Waals surface area contributed by atoms with Gasteiger partial charge >= 0.3 is 6.03 Å². The number of urea groups is 1. The topological polar surface area (TPSA) is 52.7 Å². The Morgan fingerprint density at radius 2 is 1.57 bits per heavy atom. The van der Waals surface area contributed by atoms with Crippen LogP contribution in [0.2, 0.25) is 0 Å². The number of halogens is 1. The molecule has 0 bridgehead atoms. The van der Waals surface area contributed by atoms with Crippen LogP contribution >= 0.6 is 0 Å². The van der Waals surface area contributed by atoms with Crippen LogP contribution in [0.3, 0.4) is 0 Å². The summed E-state index contributed by atoms with van der Waals surface area (Å²) in [6.07, 6.45) is 7.70. The maximum Gasteiger partial charge on any atom is 0.320 e. The van der Waals surface area contributed by atoms with E-state index in [1.165, 1.54) is 12.1 Å². The van der Waals surface area contributed by atoms with Crippen LogP contribution in [0, 0.1) is 11.7 Å². The molecule has 0 aromatic heterocycles. The molecule has 1 saturated carbocycles. The van der Waals surface area contributed by atoms with Crippen molar-refractivity contribution in [3.8, 4) is 0 Å². The van der Waals surface area contributed by atoms with Crippen LogP contribution in [-0.2, 0) is 10.3 Å². The number of amides is 3. The van der Waals surface area contributed by atoms with Crippen LogP contribution in [0.15, 0.2) is 24.3 Å². The molecule has 0 spiro atoms. The van der Waals surface area contributed by atoms with Gasteiger partial charge in [-0.15, -0.1) is 0 Å². The van der Waals surface area contributed by atoms with Crippen LogP contribution < -0.4 is 5.32 Å². The molecular weight excluding hydrogens is 357 g/mol. The van der Waals surface area contributed by atoms with Gasteiger partial charge in [-0.3, -0.25) is 4.79 Å². The van der Waals surface area contributed by atoms with Crippen molar-refractivity contribution in [2.75, 3.05) is 26.2 Å². The smallest absolute Gasteiger partial charge is 0.320 e. The lowest BCUT2D eigenvalue weighted by Gasteiger charge is -2.37. The molecule has 1 aromatic carbocycles. The highest BCUT2D eigenvalue weighted by Crippen LogP contribution is 2.39. The molecule has 0 unspecified atom stereocenters. The number of rotatable bonds is 3. The molecule has 6 heteroatoms. The SMILES string of the molecule is O=C(NC1(c2ccc(F)cc2)CCCC1)[C@H]1CCCN(C(=O)N2CCCC2)C1. The standard InChI is InChI=1S/C22H30FN3O2/c23-19-9-7-18(8-10-19)22(11-1-2-12-22)24-20(27)17-6-5-15-26(16-17)21(28)25-13-3-4-14-25/h7-10,17H,1-6,11-16H2,(H,24,27)/t17-/m0/s1. The van der Waals surface area contributed by atoms with Crippen LogP contribution in [0.1, 0.15) is 56.9 Å². The lowest BCUT2D eigenvalue weighted by Crippen LogP contribution is -2.52. The molecule has 1 aromatic rings. The number of hydrogen-bond acceptors (Lipinski definition) is 2. The maximum atomic E-state index is 13.4. The van der Waals surface area contributed by atoms with Crippen molar-refractivity contribution < 1.29 is 14.0 Å². The summed E-state index contributed by atoms with van der Waals surface area (Å²) in [4.78, 5) is 29.6. The van der Waals surface area contributed by atoms with Crippen LogP contribution in [-0.4, -0.2) is 47.9 Å². The van der Waals surface area contributed by atoms with E-state index in [0.717, 1.165) is 76.6 Å². The Hall–Kier alpha value is -2.11. The quantitative estimate of drug-likeness (QED) is 0.861. The number of nitrogens with one attached hydrogen (secondary N) is 1. The number of carbonyl (C=O) groups excluding carboxylic acids is 2. The molecule has 3 amide bonds. The van der Waals surface area contributed by atoms with Crippen molar-refractivity contribution in [1.29, 1.82) is 0 Å². The van der Waals surface area contributed by atoms with Crippen molar-refractivity contribution in [2.24, 2.45) is 5.92 Å². The highest BCUT2D eigenvalue weighted by Gasteiger charge is 2.40. The Morgan fingerprint density at radius 1 is 0.929 bits per heavy atom. The molecule has 28 heavy (non-hydrogen) atoms. The van der Waals surface area contributed by atoms with Gasteiger partial charge in [0.15, 0.2) is 0 Å². The first kappa shape index (κ1) is 19.2. The van der Waals surface area contributed by atoms with E-state index in [4.69, 9.17) is 0 Å². The van der Waals surface area contributed by atoms with Crippen molar-refractivity contribution in [1.82, 2.24) is 15.1 Å². The monoisotopic (exact) mass is 387 g/mol. The Kier molecular flexibility index (Phi) is 5.56. The van der Waals surface area contributed by atoms with Gasteiger partial charge in [-0.05, 0) is 56.2 Å². The molecule has 3 aliphatic rings. The summed E-state index contributed by atoms with van der Waals surface area (Å²) in [7, 11) is 0. The number of piperidine rings is 1. The zero-order chi connectivity index (χ0) is 19.6. The Morgan fingerprint density at radius 3 is 2.25 bits per heavy atom. The fourth-order valence-corrected chi connectivity index (χ4v) is 5.04. The average molecular weight is 387 g/mol. The van der Waals surface area contributed by atoms with Gasteiger partial charge in [-0.1, -0.05) is 25.0 Å². The van der Waals surface area contributed by atoms with E-state index < -0.39 is 5.54 Å². The number of nitrogens with zero attached hydrogens (tertiary/aromatic N) is 2. The zero-order valence-electron chi connectivity index (χ0n) is 16.5. The Labute approximate surface area is 166 Å². The van der Waals surface area contributed by atoms with Gasteiger partial charge in [-0.25, -0.2) is 9.18 Å². The van der Waals surface area contributed by atoms with E-state index in [2.05, 4.69) is 5.32 Å². The average Bonchev–Trinajstić information content (AvgIpc) is 3.41. The van der Waals surface area contributed by atoms with Gasteiger partial charge in [0.05, 0.1) is 11.5 Å². The fourth-order valence-electron chi connectivity index (χ4n) is 5.04. The second-order valence-electron chi connectivity index (χ2n) is 8.55. The first-order chi connectivity index (χ1) is 13.6. The summed E-state index contributed by atoms with van der Waals surface area (Å²) < 4.78 is 13.4. The molecular formula is C22H30FN3O2. The molecule has 1 atom stereocenters. The van der Waals surface area contributed by atoms with Gasteiger partial charge < -0.3 is 15.1 Å². The summed E-state index contributed by atoms with van der Waals surface area (Å²) in [5, 5.41) is 3.31. The minimum Gasteiger partial charge on any atom is -0.346 e. The third kappa shape index (κ3) is 3.87. The number of benzene rings is 1. The predicted octanol–water partition coefficient (Wildman–Crippen LogP) is 3.64. The van der Waals surface area contributed by atoms with E-state index in [9.17, 15) is 14.0 Å². The van der Waals surface area contributed by atoms with Crippen molar-refractivity contribution in [3.63, 3.8) is 0 Å². The normalized spacial score (nSPS) is 24.4. The first-order valence-electron chi connectivity index (χ1n) is 10.7. The van der Waals surface area contributed by atoms with E-state index in [-0.39, 0.29) is 23.7 Å². The molecule has 152 valence electrons. The number of hydrogen-bond donors (Lipinski definition) is 1. The largest absolute Gasteiger partial charge is 0.346 e. The molecule has 4 rings (SSSR count). The Balaban J connectivity index is 1.44. The second kappa shape index (κ2) is 8.10. The predicted molar refractivity (Wildman–Crippen MR) is 105 cm³/mol. The van der Waals surface area contributed by atoms with Crippen molar-refractivity contribution >= 4 is 11.9 Å². The van der Waals surface area contributed by atoms with Crippen molar-refractivity contribution in [3.05, 3.63) is 35.6 Å². The molecule has 1 N–H and O–H groups in total. The fraction of sp³-hybridized carbons (Fsp3) is 0.636. The lowest BCUT2D eigenvalue weighted by atomic mass is 9.86. The minimum absolute atomic E-state index is 0.0325. The lowest BCUT2D eigenvalue weighted by molar-refractivity contribution is -0.128. The third-order valence-corrected chi connectivity index (χ3v) is 6.66. The maximum absolute atomic E-state index is 13.4. The molecule has 2 saturated heterocycles. The van der Waals surface area contributed by atoms with Gasteiger partial charge in [0, 0.05) is 26.2 Å². The minimum atomic E-state index is -0.397. The number of likely N-dealkylation sites (tertiary alicyclic amines) is 2. The van der Waals surface area contributed by atoms with Gasteiger partial charge in [0.1, 0.15) is 5.82 Å². The third-order valence-electron chi connectivity index (χ3n) is 6.66. The van der Waals surface area contributed by atoms with E-state index in [0.29, 0.717) is 6.54 Å². The highest BCUT2D eigenvalue weighted by atomic mass is 19.1. The first-order valence-corrected chi connectivity index (χ1v) is 10.7. The van der Waals surface area contributed by atoms with Crippen LogP contribution in [0.25, 0.3) is 0 Å². The van der Waals surface area contributed by atoms with E-state index in [1.807, 2.05) is 9.80 Å². The molecule has 5 nitrogen and oxygen atoms in total. The molecule has 2 heterocycles. The second-order valence-corrected chi connectivity index (χ2v) is 8.55. The van der Waals surface area contributed by atoms with Gasteiger partial charge in [-0.2, -0.15) is 0 Å². The summed E-state index contributed by atoms with van der Waals surface area (Å²) >= 11 is 0. The zero-order valence-corrected chi connectivity index (χ0v) is 16.5. The summed E-state index contributed by atoms with van der Waals surface area (Å²) in [5.74, 6) is -0.394. The van der Waals surface area contributed by atoms with Gasteiger partial charge in [0.2, 0.25) is 5.91 Å². The highest BCUT2D eigenvalue weighted by molar-refractivity contribution is 5.81. The van der Waals surface area contributed by atoms with E-state index in [1.54, 1.807) is 12.1 Å². The molecule has 1 aliphatic carbocycles. The van der Waals surface area contributed by atoms with Crippen LogP contribution in [0.4, 0.5) is 9.18 Å². The van der Waals surface area contributed by atoms with Crippen LogP contribution in [0.5, 0.6) is 0 Å². The molecule has 2 aliphatic heterocycles. The molecule has 0 radical (unpaired) electrons. The summed E-state index contributed by atoms with van der Waals surface area (Å²) in [6.45, 7) is 2.91. The number of carbonyl (C=O) groups is 2. The van der Waals surface area contributed by atoms with Gasteiger partial charge in [0.25, 0.3) is 0 Å². The Bertz CT molecular complexity index is 709. The van der Waals surface area contributed by atoms with Crippen molar-refractivity contribution in [2.45, 2.75) is 56.9 Å². The summed E-state index contributed by atoms with van der Waals surface area (Å²) in [6, 6.07) is 6.62. The van der Waals surface area contributed by atoms with E-state index >= 15 is 0 Å². The summed E-state index contributed by atoms with van der Waals surface area (Å²) in [5.41, 5.74) is 0.590.